The van der Waals surface area contributed by atoms with Gasteiger partial charge in [-0.15, -0.1) is 0 Å². The Kier molecular flexibility index (Phi) is 5.88. The molecular weight excluding hydrogens is 371 g/mol. The molecule has 8 heteroatoms. The Balaban J connectivity index is 2.48. The molecule has 0 fully saturated rings. The van der Waals surface area contributed by atoms with Gasteiger partial charge in [0.2, 0.25) is 0 Å². The first-order chi connectivity index (χ1) is 12.8. The molecule has 1 aliphatic heterocycles. The van der Waals surface area contributed by atoms with E-state index >= 15 is 0 Å². The van der Waals surface area contributed by atoms with E-state index in [-0.39, 0.29) is 35.1 Å². The van der Waals surface area contributed by atoms with Crippen LogP contribution in [-0.4, -0.2) is 22.6 Å². The number of amides is 2. The fraction of sp³-hybridized carbons (Fsp3) is 0.450. The van der Waals surface area contributed by atoms with Crippen LogP contribution in [0.4, 0.5) is 13.2 Å². The monoisotopic (exact) mass is 393 g/mol. The summed E-state index contributed by atoms with van der Waals surface area (Å²) in [4.78, 5) is 24.0. The van der Waals surface area contributed by atoms with Crippen LogP contribution in [0.2, 0.25) is 0 Å². The lowest BCUT2D eigenvalue weighted by Gasteiger charge is -2.16. The van der Waals surface area contributed by atoms with Crippen molar-refractivity contribution in [2.45, 2.75) is 58.7 Å². The number of aromatic nitrogens is 1. The number of carbonyl (C=O) groups excluding carboxylic acids is 2. The lowest BCUT2D eigenvalue weighted by molar-refractivity contribution is -0.136. The highest BCUT2D eigenvalue weighted by Crippen LogP contribution is 2.29. The first-order valence-electron chi connectivity index (χ1n) is 8.79. The molecule has 150 valence electrons. The second kappa shape index (κ2) is 7.66. The van der Waals surface area contributed by atoms with Crippen molar-refractivity contribution in [3.8, 4) is 6.07 Å². The Morgan fingerprint density at radius 1 is 1.21 bits per heavy atom. The number of carbonyl (C=O) groups is 2. The number of hydrogen-bond donors (Lipinski definition) is 1. The smallest absolute Gasteiger partial charge is 0.348 e. The van der Waals surface area contributed by atoms with Gasteiger partial charge in [-0.25, -0.2) is 0 Å². The summed E-state index contributed by atoms with van der Waals surface area (Å²) in [7, 11) is 0. The number of halogens is 3. The number of nitriles is 1. The first-order valence-corrected chi connectivity index (χ1v) is 8.79. The second-order valence-corrected chi connectivity index (χ2v) is 7.77. The molecule has 1 N–H and O–H groups in total. The van der Waals surface area contributed by atoms with Gasteiger partial charge in [-0.3, -0.25) is 14.9 Å². The molecule has 28 heavy (non-hydrogen) atoms. The Bertz CT molecular complexity index is 907. The predicted molar refractivity (Wildman–Crippen MR) is 97.9 cm³/mol. The summed E-state index contributed by atoms with van der Waals surface area (Å²) in [6.45, 7) is 7.56. The highest BCUT2D eigenvalue weighted by molar-refractivity contribution is 6.19. The van der Waals surface area contributed by atoms with Crippen molar-refractivity contribution in [3.63, 3.8) is 0 Å². The van der Waals surface area contributed by atoms with Crippen molar-refractivity contribution >= 4 is 17.9 Å². The van der Waals surface area contributed by atoms with Gasteiger partial charge in [-0.2, -0.15) is 18.4 Å². The van der Waals surface area contributed by atoms with E-state index in [0.29, 0.717) is 5.69 Å². The van der Waals surface area contributed by atoms with Gasteiger partial charge in [0.15, 0.2) is 0 Å². The summed E-state index contributed by atoms with van der Waals surface area (Å²) in [6, 6.07) is 3.59. The lowest BCUT2D eigenvalue weighted by Crippen LogP contribution is -2.37. The Labute approximate surface area is 161 Å². The zero-order valence-electron chi connectivity index (χ0n) is 16.2. The molecule has 2 rings (SSSR count). The average Bonchev–Trinajstić information content (AvgIpc) is 2.93. The lowest BCUT2D eigenvalue weighted by atomic mass is 9.89. The molecule has 0 saturated heterocycles. The van der Waals surface area contributed by atoms with Crippen LogP contribution in [0.15, 0.2) is 29.0 Å². The third-order valence-electron chi connectivity index (χ3n) is 4.54. The number of nitrogens with one attached hydrogen (secondary N) is 1. The Morgan fingerprint density at radius 2 is 1.86 bits per heavy atom. The maximum atomic E-state index is 12.5. The third-order valence-corrected chi connectivity index (χ3v) is 4.54. The van der Waals surface area contributed by atoms with Crippen molar-refractivity contribution < 1.29 is 22.8 Å². The highest BCUT2D eigenvalue weighted by atomic mass is 19.4. The molecule has 1 aliphatic rings. The number of rotatable bonds is 4. The third kappa shape index (κ3) is 4.91. The molecule has 0 unspecified atom stereocenters. The SMILES string of the molecule is CC1=C(C#N)C(=O)NC(=O)C1=Cc1cc(C(C)(C)C)cn1CCCC(F)(F)F. The fourth-order valence-corrected chi connectivity index (χ4v) is 2.86. The quantitative estimate of drug-likeness (QED) is 0.620. The molecule has 1 aromatic heterocycles. The summed E-state index contributed by atoms with van der Waals surface area (Å²) in [5.74, 6) is -1.39. The summed E-state index contributed by atoms with van der Waals surface area (Å²) < 4.78 is 39.2. The zero-order valence-corrected chi connectivity index (χ0v) is 16.2. The van der Waals surface area contributed by atoms with Gasteiger partial charge in [0.1, 0.15) is 11.6 Å². The fourth-order valence-electron chi connectivity index (χ4n) is 2.86. The normalized spacial score (nSPS) is 17.1. The van der Waals surface area contributed by atoms with Gasteiger partial charge in [-0.05, 0) is 42.0 Å². The van der Waals surface area contributed by atoms with E-state index in [2.05, 4.69) is 5.32 Å². The summed E-state index contributed by atoms with van der Waals surface area (Å²) >= 11 is 0. The number of imide groups is 1. The topological polar surface area (TPSA) is 74.9 Å². The van der Waals surface area contributed by atoms with E-state index in [1.165, 1.54) is 13.0 Å². The van der Waals surface area contributed by atoms with E-state index < -0.39 is 24.4 Å². The van der Waals surface area contributed by atoms with E-state index in [0.717, 1.165) is 5.56 Å². The van der Waals surface area contributed by atoms with Crippen LogP contribution in [0.25, 0.3) is 6.08 Å². The van der Waals surface area contributed by atoms with Gasteiger partial charge in [0, 0.05) is 30.4 Å². The van der Waals surface area contributed by atoms with Gasteiger partial charge in [0.25, 0.3) is 11.8 Å². The zero-order chi connectivity index (χ0) is 21.3. The number of aryl methyl sites for hydroxylation is 1. The molecule has 2 heterocycles. The minimum Gasteiger partial charge on any atom is -0.348 e. The molecule has 0 radical (unpaired) electrons. The maximum Gasteiger partial charge on any atom is 0.389 e. The van der Waals surface area contributed by atoms with Crippen LogP contribution < -0.4 is 5.32 Å². The van der Waals surface area contributed by atoms with E-state index in [9.17, 15) is 22.8 Å². The molecule has 0 aliphatic carbocycles. The predicted octanol–water partition coefficient (Wildman–Crippen LogP) is 4.01. The second-order valence-electron chi connectivity index (χ2n) is 7.77. The minimum atomic E-state index is -4.23. The molecule has 0 aromatic carbocycles. The number of hydrogen-bond acceptors (Lipinski definition) is 3. The van der Waals surface area contributed by atoms with Crippen molar-refractivity contribution in [2.75, 3.05) is 0 Å². The number of alkyl halides is 3. The van der Waals surface area contributed by atoms with Crippen LogP contribution in [-0.2, 0) is 21.5 Å². The molecule has 5 nitrogen and oxygen atoms in total. The minimum absolute atomic E-state index is 0.0963. The van der Waals surface area contributed by atoms with E-state index in [1.807, 2.05) is 26.8 Å². The van der Waals surface area contributed by atoms with E-state index in [4.69, 9.17) is 5.26 Å². The molecule has 0 saturated carbocycles. The number of nitrogens with zero attached hydrogens (tertiary/aromatic N) is 2. The van der Waals surface area contributed by atoms with Crippen molar-refractivity contribution in [2.24, 2.45) is 0 Å². The Morgan fingerprint density at radius 3 is 2.39 bits per heavy atom. The average molecular weight is 393 g/mol. The van der Waals surface area contributed by atoms with Crippen molar-refractivity contribution in [1.29, 1.82) is 5.26 Å². The molecule has 0 atom stereocenters. The van der Waals surface area contributed by atoms with Gasteiger partial charge >= 0.3 is 6.18 Å². The largest absolute Gasteiger partial charge is 0.389 e. The van der Waals surface area contributed by atoms with Crippen molar-refractivity contribution in [1.82, 2.24) is 9.88 Å². The molecule has 0 spiro atoms. The van der Waals surface area contributed by atoms with Crippen molar-refractivity contribution in [3.05, 3.63) is 40.2 Å². The summed E-state index contributed by atoms with van der Waals surface area (Å²) in [6.07, 6.45) is -1.95. The standard InChI is InChI=1S/C20H22F3N3O2/c1-12-15(17(27)25-18(28)16(12)10-24)9-14-8-13(19(2,3)4)11-26(14)7-5-6-20(21,22)23/h8-9,11H,5-7H2,1-4H3,(H,25,27,28). The maximum absolute atomic E-state index is 12.5. The molecular formula is C20H22F3N3O2. The van der Waals surface area contributed by atoms with Gasteiger partial charge in [0.05, 0.1) is 0 Å². The van der Waals surface area contributed by atoms with Crippen LogP contribution in [0, 0.1) is 11.3 Å². The van der Waals surface area contributed by atoms with E-state index in [1.54, 1.807) is 16.8 Å². The van der Waals surface area contributed by atoms with Crippen LogP contribution >= 0.6 is 0 Å². The van der Waals surface area contributed by atoms with Crippen LogP contribution in [0.5, 0.6) is 0 Å². The Hall–Kier alpha value is -2.82. The van der Waals surface area contributed by atoms with Crippen LogP contribution in [0.1, 0.15) is 51.8 Å². The first kappa shape index (κ1) is 21.5. The summed E-state index contributed by atoms with van der Waals surface area (Å²) in [5.41, 5.74) is 1.44. The molecule has 0 bridgehead atoms. The molecule has 1 aromatic rings. The molecule has 2 amide bonds. The van der Waals surface area contributed by atoms with Gasteiger partial charge < -0.3 is 4.57 Å². The summed E-state index contributed by atoms with van der Waals surface area (Å²) in [5, 5.41) is 11.3. The van der Waals surface area contributed by atoms with Gasteiger partial charge in [-0.1, -0.05) is 20.8 Å². The van der Waals surface area contributed by atoms with Crippen LogP contribution in [0.3, 0.4) is 0 Å². The highest BCUT2D eigenvalue weighted by Gasteiger charge is 2.29.